The zero-order valence-corrected chi connectivity index (χ0v) is 10.1. The zero-order valence-electron chi connectivity index (χ0n) is 9.32. The summed E-state index contributed by atoms with van der Waals surface area (Å²) >= 11 is 1.22. The number of carbonyl (C=O) groups excluding carboxylic acids is 2. The van der Waals surface area contributed by atoms with Crippen LogP contribution in [0, 0.1) is 0 Å². The molecule has 1 atom stereocenters. The van der Waals surface area contributed by atoms with Crippen LogP contribution in [0.1, 0.15) is 37.2 Å². The van der Waals surface area contributed by atoms with Crippen molar-refractivity contribution in [1.82, 2.24) is 4.98 Å². The summed E-state index contributed by atoms with van der Waals surface area (Å²) in [6.07, 6.45) is 1.49. The lowest BCUT2D eigenvalue weighted by Gasteiger charge is -2.08. The summed E-state index contributed by atoms with van der Waals surface area (Å²) in [6.45, 7) is 3.40. The molecule has 88 valence electrons. The van der Waals surface area contributed by atoms with Crippen molar-refractivity contribution in [2.24, 2.45) is 5.73 Å². The third kappa shape index (κ3) is 3.39. The first-order valence-electron chi connectivity index (χ1n) is 5.07. The highest BCUT2D eigenvalue weighted by Crippen LogP contribution is 2.16. The first kappa shape index (κ1) is 12.8. The average Bonchev–Trinajstić information content (AvgIpc) is 2.66. The van der Waals surface area contributed by atoms with E-state index in [0.717, 1.165) is 6.42 Å². The summed E-state index contributed by atoms with van der Waals surface area (Å²) < 4.78 is 0. The van der Waals surface area contributed by atoms with E-state index >= 15 is 0 Å². The molecule has 1 aromatic heterocycles. The molecule has 16 heavy (non-hydrogen) atoms. The molecule has 0 aromatic carbocycles. The van der Waals surface area contributed by atoms with E-state index in [-0.39, 0.29) is 11.7 Å². The number of nitrogens with one attached hydrogen (secondary N) is 1. The topological polar surface area (TPSA) is 85.1 Å². The Bertz CT molecular complexity index is 389. The van der Waals surface area contributed by atoms with Crippen LogP contribution in [0.25, 0.3) is 0 Å². The Labute approximate surface area is 98.1 Å². The van der Waals surface area contributed by atoms with E-state index in [1.165, 1.54) is 18.3 Å². The lowest BCUT2D eigenvalue weighted by atomic mass is 10.2. The molecule has 0 spiro atoms. The third-order valence-electron chi connectivity index (χ3n) is 2.03. The smallest absolute Gasteiger partial charge is 0.243 e. The number of Topliss-reactive ketones (excluding diaryl/α,β-unsaturated/α-hetero) is 1. The Kier molecular flexibility index (Phi) is 4.57. The standard InChI is InChI=1S/C10H15N3O2S/c1-3-4-7(11)9(15)13-10-12-8(5-16-10)6(2)14/h5,7H,3-4,11H2,1-2H3,(H,12,13,15)/t7-/m0/s1. The predicted octanol–water partition coefficient (Wildman–Crippen LogP) is 1.41. The van der Waals surface area contributed by atoms with Gasteiger partial charge in [-0.25, -0.2) is 4.98 Å². The van der Waals surface area contributed by atoms with Gasteiger partial charge in [0.1, 0.15) is 5.69 Å². The molecule has 0 fully saturated rings. The monoisotopic (exact) mass is 241 g/mol. The largest absolute Gasteiger partial charge is 0.320 e. The second kappa shape index (κ2) is 5.72. The van der Waals surface area contributed by atoms with Crippen molar-refractivity contribution in [2.45, 2.75) is 32.7 Å². The highest BCUT2D eigenvalue weighted by atomic mass is 32.1. The van der Waals surface area contributed by atoms with Gasteiger partial charge in [-0.05, 0) is 6.42 Å². The number of rotatable bonds is 5. The van der Waals surface area contributed by atoms with E-state index in [0.29, 0.717) is 17.2 Å². The summed E-state index contributed by atoms with van der Waals surface area (Å²) in [6, 6.07) is -0.519. The van der Waals surface area contributed by atoms with Crippen LogP contribution in [-0.4, -0.2) is 22.7 Å². The summed E-state index contributed by atoms with van der Waals surface area (Å²) in [5, 5.41) is 4.63. The SMILES string of the molecule is CCC[C@H](N)C(=O)Nc1nc(C(C)=O)cs1. The number of nitrogens with zero attached hydrogens (tertiary/aromatic N) is 1. The number of carbonyl (C=O) groups is 2. The molecule has 0 radical (unpaired) electrons. The predicted molar refractivity (Wildman–Crippen MR) is 63.6 cm³/mol. The fraction of sp³-hybridized carbons (Fsp3) is 0.500. The molecule has 5 nitrogen and oxygen atoms in total. The van der Waals surface area contributed by atoms with Crippen LogP contribution in [0.4, 0.5) is 5.13 Å². The molecule has 3 N–H and O–H groups in total. The minimum atomic E-state index is -0.519. The maximum absolute atomic E-state index is 11.5. The fourth-order valence-corrected chi connectivity index (χ4v) is 1.89. The molecule has 0 aliphatic carbocycles. The molecule has 0 unspecified atom stereocenters. The highest BCUT2D eigenvalue weighted by Gasteiger charge is 2.14. The fourth-order valence-electron chi connectivity index (χ4n) is 1.13. The normalized spacial score (nSPS) is 12.2. The maximum Gasteiger partial charge on any atom is 0.243 e. The summed E-state index contributed by atoms with van der Waals surface area (Å²) in [5.41, 5.74) is 6.01. The molecule has 1 heterocycles. The van der Waals surface area contributed by atoms with Crippen LogP contribution >= 0.6 is 11.3 Å². The number of ketones is 1. The van der Waals surface area contributed by atoms with E-state index in [2.05, 4.69) is 10.3 Å². The minimum Gasteiger partial charge on any atom is -0.320 e. The van der Waals surface area contributed by atoms with Crippen LogP contribution in [0.3, 0.4) is 0 Å². The van der Waals surface area contributed by atoms with Crippen molar-refractivity contribution < 1.29 is 9.59 Å². The van der Waals surface area contributed by atoms with Crippen molar-refractivity contribution in [1.29, 1.82) is 0 Å². The quantitative estimate of drug-likeness (QED) is 0.763. The molecule has 1 aromatic rings. The molecule has 0 bridgehead atoms. The van der Waals surface area contributed by atoms with Crippen LogP contribution in [0.5, 0.6) is 0 Å². The van der Waals surface area contributed by atoms with Crippen LogP contribution in [0.15, 0.2) is 5.38 Å². The zero-order chi connectivity index (χ0) is 12.1. The molecule has 0 saturated carbocycles. The van der Waals surface area contributed by atoms with E-state index < -0.39 is 6.04 Å². The van der Waals surface area contributed by atoms with Gasteiger partial charge in [0, 0.05) is 12.3 Å². The van der Waals surface area contributed by atoms with Gasteiger partial charge in [0.15, 0.2) is 10.9 Å². The van der Waals surface area contributed by atoms with Crippen LogP contribution in [0.2, 0.25) is 0 Å². The minimum absolute atomic E-state index is 0.116. The molecule has 1 rings (SSSR count). The number of hydrogen-bond acceptors (Lipinski definition) is 5. The van der Waals surface area contributed by atoms with Crippen LogP contribution in [-0.2, 0) is 4.79 Å². The van der Waals surface area contributed by atoms with E-state index in [1.54, 1.807) is 5.38 Å². The lowest BCUT2D eigenvalue weighted by molar-refractivity contribution is -0.117. The van der Waals surface area contributed by atoms with Crippen molar-refractivity contribution in [2.75, 3.05) is 5.32 Å². The molecule has 6 heteroatoms. The van der Waals surface area contributed by atoms with Gasteiger partial charge in [0.05, 0.1) is 6.04 Å². The first-order chi connectivity index (χ1) is 7.54. The van der Waals surface area contributed by atoms with Crippen LogP contribution < -0.4 is 11.1 Å². The number of hydrogen-bond donors (Lipinski definition) is 2. The van der Waals surface area contributed by atoms with Gasteiger partial charge < -0.3 is 11.1 Å². The highest BCUT2D eigenvalue weighted by molar-refractivity contribution is 7.14. The van der Waals surface area contributed by atoms with Gasteiger partial charge in [0.25, 0.3) is 0 Å². The number of aromatic nitrogens is 1. The average molecular weight is 241 g/mol. The Morgan fingerprint density at radius 1 is 1.62 bits per heavy atom. The maximum atomic E-state index is 11.5. The first-order valence-corrected chi connectivity index (χ1v) is 5.95. The summed E-state index contributed by atoms with van der Waals surface area (Å²) in [4.78, 5) is 26.5. The molecule has 0 aliphatic rings. The summed E-state index contributed by atoms with van der Waals surface area (Å²) in [7, 11) is 0. The third-order valence-corrected chi connectivity index (χ3v) is 2.79. The number of amides is 1. The lowest BCUT2D eigenvalue weighted by Crippen LogP contribution is -2.35. The van der Waals surface area contributed by atoms with Gasteiger partial charge in [-0.1, -0.05) is 13.3 Å². The number of thiazole rings is 1. The van der Waals surface area contributed by atoms with Crippen molar-refractivity contribution in [3.8, 4) is 0 Å². The Hall–Kier alpha value is -1.27. The van der Waals surface area contributed by atoms with Gasteiger partial charge >= 0.3 is 0 Å². The second-order valence-corrected chi connectivity index (χ2v) is 4.34. The molecule has 0 saturated heterocycles. The number of anilines is 1. The van der Waals surface area contributed by atoms with E-state index in [4.69, 9.17) is 5.73 Å². The Balaban J connectivity index is 2.59. The van der Waals surface area contributed by atoms with Crippen molar-refractivity contribution >= 4 is 28.2 Å². The van der Waals surface area contributed by atoms with Gasteiger partial charge in [-0.15, -0.1) is 11.3 Å². The van der Waals surface area contributed by atoms with Gasteiger partial charge in [-0.3, -0.25) is 9.59 Å². The van der Waals surface area contributed by atoms with E-state index in [9.17, 15) is 9.59 Å². The summed E-state index contributed by atoms with van der Waals surface area (Å²) in [5.74, 6) is -0.374. The number of nitrogens with two attached hydrogens (primary N) is 1. The molecule has 0 aliphatic heterocycles. The van der Waals surface area contributed by atoms with E-state index in [1.807, 2.05) is 6.92 Å². The van der Waals surface area contributed by atoms with Crippen molar-refractivity contribution in [3.05, 3.63) is 11.1 Å². The van der Waals surface area contributed by atoms with Gasteiger partial charge in [-0.2, -0.15) is 0 Å². The Morgan fingerprint density at radius 3 is 2.81 bits per heavy atom. The van der Waals surface area contributed by atoms with Crippen molar-refractivity contribution in [3.63, 3.8) is 0 Å². The van der Waals surface area contributed by atoms with Gasteiger partial charge in [0.2, 0.25) is 5.91 Å². The Morgan fingerprint density at radius 2 is 2.31 bits per heavy atom. The molecular weight excluding hydrogens is 226 g/mol. The second-order valence-electron chi connectivity index (χ2n) is 3.48. The molecular formula is C10H15N3O2S. The molecule has 1 amide bonds.